The summed E-state index contributed by atoms with van der Waals surface area (Å²) in [5, 5.41) is 6.20. The molecule has 1 atom stereocenters. The fourth-order valence-electron chi connectivity index (χ4n) is 2.12. The number of nitrogens with one attached hydrogen (secondary N) is 2. The van der Waals surface area contributed by atoms with Crippen molar-refractivity contribution in [1.29, 1.82) is 0 Å². The molecule has 1 aliphatic heterocycles. The number of hydrogen-bond acceptors (Lipinski definition) is 4. The topological polar surface area (TPSA) is 59.6 Å². The van der Waals surface area contributed by atoms with E-state index in [4.69, 9.17) is 9.47 Å². The van der Waals surface area contributed by atoms with Crippen molar-refractivity contribution in [2.45, 2.75) is 18.9 Å². The van der Waals surface area contributed by atoms with Gasteiger partial charge < -0.3 is 20.1 Å². The third-order valence-electron chi connectivity index (χ3n) is 3.18. The lowest BCUT2D eigenvalue weighted by Crippen LogP contribution is -2.38. The van der Waals surface area contributed by atoms with Gasteiger partial charge in [-0.15, -0.1) is 0 Å². The highest BCUT2D eigenvalue weighted by Gasteiger charge is 2.14. The number of amides is 1. The van der Waals surface area contributed by atoms with Crippen LogP contribution in [-0.2, 0) is 9.53 Å². The molecule has 1 fully saturated rings. The van der Waals surface area contributed by atoms with Gasteiger partial charge in [0, 0.05) is 12.6 Å². The van der Waals surface area contributed by atoms with E-state index in [-0.39, 0.29) is 12.5 Å². The molecule has 0 radical (unpaired) electrons. The van der Waals surface area contributed by atoms with Crippen molar-refractivity contribution in [3.05, 3.63) is 30.3 Å². The maximum absolute atomic E-state index is 11.5. The van der Waals surface area contributed by atoms with Gasteiger partial charge in [0.15, 0.2) is 0 Å². The predicted molar refractivity (Wildman–Crippen MR) is 76.8 cm³/mol. The summed E-state index contributed by atoms with van der Waals surface area (Å²) < 4.78 is 10.7. The Morgan fingerprint density at radius 2 is 2.15 bits per heavy atom. The molecule has 1 amide bonds. The maximum atomic E-state index is 11.5. The fraction of sp³-hybridized carbons (Fsp3) is 0.533. The summed E-state index contributed by atoms with van der Waals surface area (Å²) in [7, 11) is 0. The van der Waals surface area contributed by atoms with Gasteiger partial charge >= 0.3 is 0 Å². The number of hydrogen-bond donors (Lipinski definition) is 2. The van der Waals surface area contributed by atoms with Crippen LogP contribution in [0, 0.1) is 0 Å². The first-order valence-electron chi connectivity index (χ1n) is 7.10. The van der Waals surface area contributed by atoms with Gasteiger partial charge in [0.25, 0.3) is 0 Å². The summed E-state index contributed by atoms with van der Waals surface area (Å²) in [6.07, 6.45) is 2.32. The molecular formula is C15H22N2O3. The molecule has 2 N–H and O–H groups in total. The predicted octanol–water partition coefficient (Wildman–Crippen LogP) is 0.950. The zero-order chi connectivity index (χ0) is 14.0. The van der Waals surface area contributed by atoms with E-state index in [0.29, 0.717) is 25.8 Å². The van der Waals surface area contributed by atoms with Crippen molar-refractivity contribution < 1.29 is 14.3 Å². The van der Waals surface area contributed by atoms with Crippen molar-refractivity contribution >= 4 is 5.91 Å². The monoisotopic (exact) mass is 278 g/mol. The molecule has 0 saturated carbocycles. The number of para-hydroxylation sites is 1. The van der Waals surface area contributed by atoms with Crippen LogP contribution in [0.2, 0.25) is 0 Å². The van der Waals surface area contributed by atoms with Crippen LogP contribution in [0.3, 0.4) is 0 Å². The van der Waals surface area contributed by atoms with E-state index in [1.165, 1.54) is 6.42 Å². The summed E-state index contributed by atoms with van der Waals surface area (Å²) in [6, 6.07) is 9.97. The Morgan fingerprint density at radius 1 is 1.30 bits per heavy atom. The van der Waals surface area contributed by atoms with Crippen LogP contribution in [0.25, 0.3) is 0 Å². The van der Waals surface area contributed by atoms with Crippen molar-refractivity contribution in [2.24, 2.45) is 0 Å². The lowest BCUT2D eigenvalue weighted by atomic mass is 10.2. The Morgan fingerprint density at radius 3 is 2.90 bits per heavy atom. The van der Waals surface area contributed by atoms with E-state index in [1.807, 2.05) is 30.3 Å². The number of carbonyl (C=O) groups is 1. The smallest absolute Gasteiger partial charge is 0.246 e. The molecule has 0 aliphatic carbocycles. The second-order valence-electron chi connectivity index (χ2n) is 4.81. The summed E-state index contributed by atoms with van der Waals surface area (Å²) in [4.78, 5) is 11.5. The van der Waals surface area contributed by atoms with Gasteiger partial charge in [-0.1, -0.05) is 18.2 Å². The summed E-state index contributed by atoms with van der Waals surface area (Å²) in [5.41, 5.74) is 0. The Bertz CT molecular complexity index is 391. The van der Waals surface area contributed by atoms with E-state index in [9.17, 15) is 4.79 Å². The molecule has 5 heteroatoms. The molecule has 1 aromatic carbocycles. The second-order valence-corrected chi connectivity index (χ2v) is 4.81. The van der Waals surface area contributed by atoms with Gasteiger partial charge in [0.1, 0.15) is 19.0 Å². The van der Waals surface area contributed by atoms with Crippen LogP contribution >= 0.6 is 0 Å². The molecule has 1 saturated heterocycles. The van der Waals surface area contributed by atoms with Gasteiger partial charge in [-0.3, -0.25) is 4.79 Å². The second kappa shape index (κ2) is 8.55. The summed E-state index contributed by atoms with van der Waals surface area (Å²) in [5.74, 6) is 0.742. The van der Waals surface area contributed by atoms with E-state index in [2.05, 4.69) is 10.6 Å². The van der Waals surface area contributed by atoms with Gasteiger partial charge in [0.05, 0.1) is 6.61 Å². The van der Waals surface area contributed by atoms with Crippen LogP contribution in [0.1, 0.15) is 12.8 Å². The molecule has 1 unspecified atom stereocenters. The Kier molecular flexibility index (Phi) is 6.34. The van der Waals surface area contributed by atoms with E-state index in [1.54, 1.807) is 0 Å². The quantitative estimate of drug-likeness (QED) is 0.695. The minimum Gasteiger partial charge on any atom is -0.491 e. The lowest BCUT2D eigenvalue weighted by Gasteiger charge is -2.11. The van der Waals surface area contributed by atoms with Crippen LogP contribution in [0.15, 0.2) is 30.3 Å². The van der Waals surface area contributed by atoms with Gasteiger partial charge in [0.2, 0.25) is 5.91 Å². The molecule has 0 spiro atoms. The fourth-order valence-corrected chi connectivity index (χ4v) is 2.12. The number of rotatable bonds is 8. The first-order chi connectivity index (χ1) is 9.84. The largest absolute Gasteiger partial charge is 0.491 e. The van der Waals surface area contributed by atoms with Crippen molar-refractivity contribution in [3.63, 3.8) is 0 Å². The van der Waals surface area contributed by atoms with Crippen LogP contribution in [0.4, 0.5) is 0 Å². The average molecular weight is 278 g/mol. The minimum atomic E-state index is -0.0709. The minimum absolute atomic E-state index is 0.0709. The third kappa shape index (κ3) is 5.59. The first kappa shape index (κ1) is 14.8. The molecule has 5 nitrogen and oxygen atoms in total. The van der Waals surface area contributed by atoms with Crippen LogP contribution in [-0.4, -0.2) is 44.9 Å². The highest BCUT2D eigenvalue weighted by Crippen LogP contribution is 2.07. The normalized spacial score (nSPS) is 17.9. The van der Waals surface area contributed by atoms with Crippen LogP contribution in [0.5, 0.6) is 5.75 Å². The standard InChI is InChI=1S/C15H22N2O3/c18-15(17-11-13-5-4-8-16-13)12-19-9-10-20-14-6-2-1-3-7-14/h1-3,6-7,13,16H,4-5,8-12H2,(H,17,18). The average Bonchev–Trinajstić information content (AvgIpc) is 2.99. The van der Waals surface area contributed by atoms with Gasteiger partial charge in [-0.2, -0.15) is 0 Å². The molecular weight excluding hydrogens is 256 g/mol. The van der Waals surface area contributed by atoms with Gasteiger partial charge in [-0.05, 0) is 31.5 Å². The SMILES string of the molecule is O=C(COCCOc1ccccc1)NCC1CCCN1. The summed E-state index contributed by atoms with van der Waals surface area (Å²) >= 11 is 0. The van der Waals surface area contributed by atoms with Gasteiger partial charge in [-0.25, -0.2) is 0 Å². The highest BCUT2D eigenvalue weighted by atomic mass is 16.5. The zero-order valence-electron chi connectivity index (χ0n) is 11.6. The van der Waals surface area contributed by atoms with E-state index >= 15 is 0 Å². The molecule has 1 aliphatic rings. The molecule has 0 bridgehead atoms. The first-order valence-corrected chi connectivity index (χ1v) is 7.10. The van der Waals surface area contributed by atoms with Crippen molar-refractivity contribution in [2.75, 3.05) is 32.9 Å². The summed E-state index contributed by atoms with van der Waals surface area (Å²) in [6.45, 7) is 2.67. The lowest BCUT2D eigenvalue weighted by molar-refractivity contribution is -0.126. The molecule has 2 rings (SSSR count). The Labute approximate surface area is 119 Å². The molecule has 1 heterocycles. The Hall–Kier alpha value is -1.59. The number of benzene rings is 1. The molecule has 0 aromatic heterocycles. The number of ether oxygens (including phenoxy) is 2. The Balaban J connectivity index is 1.47. The maximum Gasteiger partial charge on any atom is 0.246 e. The molecule has 110 valence electrons. The van der Waals surface area contributed by atoms with Crippen molar-refractivity contribution in [3.8, 4) is 5.75 Å². The molecule has 20 heavy (non-hydrogen) atoms. The zero-order valence-corrected chi connectivity index (χ0v) is 11.6. The van der Waals surface area contributed by atoms with Crippen LogP contribution < -0.4 is 15.4 Å². The molecule has 1 aromatic rings. The number of carbonyl (C=O) groups excluding carboxylic acids is 1. The third-order valence-corrected chi connectivity index (χ3v) is 3.18. The van der Waals surface area contributed by atoms with Crippen molar-refractivity contribution in [1.82, 2.24) is 10.6 Å². The highest BCUT2D eigenvalue weighted by molar-refractivity contribution is 5.77. The van der Waals surface area contributed by atoms with E-state index in [0.717, 1.165) is 18.7 Å². The van der Waals surface area contributed by atoms with E-state index < -0.39 is 0 Å².